The van der Waals surface area contributed by atoms with Crippen LogP contribution in [0.5, 0.6) is 0 Å². The highest BCUT2D eigenvalue weighted by atomic mass is 16.1. The van der Waals surface area contributed by atoms with Crippen LogP contribution >= 0.6 is 0 Å². The second-order valence-corrected chi connectivity index (χ2v) is 4.19. The second kappa shape index (κ2) is 5.47. The van der Waals surface area contributed by atoms with Gasteiger partial charge in [0.1, 0.15) is 12.2 Å². The Labute approximate surface area is 110 Å². The summed E-state index contributed by atoms with van der Waals surface area (Å²) in [6.45, 7) is 4.21. The second-order valence-electron chi connectivity index (χ2n) is 4.19. The molecule has 0 radical (unpaired) electrons. The van der Waals surface area contributed by atoms with Crippen molar-refractivity contribution in [3.05, 3.63) is 35.2 Å². The molecular formula is C12H16N6O. The van der Waals surface area contributed by atoms with E-state index in [0.29, 0.717) is 12.4 Å². The zero-order valence-corrected chi connectivity index (χ0v) is 11.1. The molecule has 0 unspecified atom stereocenters. The minimum Gasteiger partial charge on any atom is -0.345 e. The number of aryl methyl sites for hydroxylation is 2. The van der Waals surface area contributed by atoms with Gasteiger partial charge in [0.05, 0.1) is 12.2 Å². The first-order chi connectivity index (χ1) is 9.08. The first-order valence-electron chi connectivity index (χ1n) is 5.88. The summed E-state index contributed by atoms with van der Waals surface area (Å²) in [4.78, 5) is 15.6. The molecule has 0 aliphatic rings. The summed E-state index contributed by atoms with van der Waals surface area (Å²) in [6.07, 6.45) is 4.67. The number of aromatic nitrogens is 5. The molecule has 2 N–H and O–H groups in total. The van der Waals surface area contributed by atoms with Gasteiger partial charge in [0, 0.05) is 24.4 Å². The summed E-state index contributed by atoms with van der Waals surface area (Å²) in [6, 6.07) is 0. The number of hydrogen-bond acceptors (Lipinski definition) is 4. The van der Waals surface area contributed by atoms with Crippen LogP contribution in [0.3, 0.4) is 0 Å². The van der Waals surface area contributed by atoms with E-state index < -0.39 is 0 Å². The molecule has 1 amide bonds. The van der Waals surface area contributed by atoms with E-state index in [1.807, 2.05) is 20.9 Å². The number of aromatic amines is 1. The van der Waals surface area contributed by atoms with Gasteiger partial charge in [-0.2, -0.15) is 10.2 Å². The summed E-state index contributed by atoms with van der Waals surface area (Å²) < 4.78 is 1.79. The lowest BCUT2D eigenvalue weighted by Crippen LogP contribution is -2.20. The van der Waals surface area contributed by atoms with E-state index in [4.69, 9.17) is 0 Å². The van der Waals surface area contributed by atoms with E-state index in [0.717, 1.165) is 17.0 Å². The third kappa shape index (κ3) is 3.06. The summed E-state index contributed by atoms with van der Waals surface area (Å²) in [5.74, 6) is 0.439. The van der Waals surface area contributed by atoms with Crippen molar-refractivity contribution >= 4 is 12.0 Å². The molecule has 7 heteroatoms. The molecule has 0 spiro atoms. The molecule has 0 atom stereocenters. The number of amides is 1. The molecule has 0 aliphatic heterocycles. The Balaban J connectivity index is 1.96. The third-order valence-electron chi connectivity index (χ3n) is 2.86. The zero-order valence-electron chi connectivity index (χ0n) is 11.1. The summed E-state index contributed by atoms with van der Waals surface area (Å²) in [5.41, 5.74) is 2.90. The van der Waals surface area contributed by atoms with E-state index in [-0.39, 0.29) is 5.91 Å². The van der Waals surface area contributed by atoms with Crippen LogP contribution in [0.1, 0.15) is 22.8 Å². The van der Waals surface area contributed by atoms with Gasteiger partial charge in [0.25, 0.3) is 0 Å². The van der Waals surface area contributed by atoms with Crippen LogP contribution in [0.25, 0.3) is 6.08 Å². The van der Waals surface area contributed by atoms with Crippen molar-refractivity contribution in [1.29, 1.82) is 0 Å². The van der Waals surface area contributed by atoms with Crippen molar-refractivity contribution < 1.29 is 4.79 Å². The Morgan fingerprint density at radius 3 is 2.89 bits per heavy atom. The van der Waals surface area contributed by atoms with Gasteiger partial charge in [0.15, 0.2) is 0 Å². The number of H-pyrrole nitrogens is 1. The highest BCUT2D eigenvalue weighted by Gasteiger charge is 2.06. The highest BCUT2D eigenvalue weighted by Crippen LogP contribution is 2.13. The number of carbonyl (C=O) groups is 1. The van der Waals surface area contributed by atoms with Crippen LogP contribution in [0, 0.1) is 13.8 Å². The van der Waals surface area contributed by atoms with Crippen LogP contribution in [0.2, 0.25) is 0 Å². The molecule has 2 aromatic rings. The van der Waals surface area contributed by atoms with Crippen LogP contribution in [0.15, 0.2) is 12.4 Å². The first-order valence-corrected chi connectivity index (χ1v) is 5.88. The summed E-state index contributed by atoms with van der Waals surface area (Å²) in [7, 11) is 1.88. The smallest absolute Gasteiger partial charge is 0.244 e. The molecule has 0 saturated carbocycles. The molecule has 0 aliphatic carbocycles. The molecule has 19 heavy (non-hydrogen) atoms. The fourth-order valence-electron chi connectivity index (χ4n) is 1.74. The van der Waals surface area contributed by atoms with E-state index in [1.165, 1.54) is 12.4 Å². The number of rotatable bonds is 4. The minimum absolute atomic E-state index is 0.181. The number of hydrogen-bond donors (Lipinski definition) is 2. The quantitative estimate of drug-likeness (QED) is 0.783. The minimum atomic E-state index is -0.181. The molecule has 2 rings (SSSR count). The molecular weight excluding hydrogens is 244 g/mol. The third-order valence-corrected chi connectivity index (χ3v) is 2.86. The standard InChI is InChI=1S/C12H16N6O/c1-8-10(9(2)18(3)17-8)4-5-12(19)13-6-11-14-7-15-16-11/h4-5,7H,6H2,1-3H3,(H,13,19)(H,14,15,16)/b5-4+. The molecule has 2 heterocycles. The predicted octanol–water partition coefficient (Wildman–Crippen LogP) is 0.485. The topological polar surface area (TPSA) is 88.5 Å². The molecule has 2 aromatic heterocycles. The first kappa shape index (κ1) is 13.0. The number of nitrogens with one attached hydrogen (secondary N) is 2. The van der Waals surface area contributed by atoms with Gasteiger partial charge in [-0.3, -0.25) is 14.6 Å². The van der Waals surface area contributed by atoms with Gasteiger partial charge in [-0.05, 0) is 19.9 Å². The Bertz CT molecular complexity index is 596. The van der Waals surface area contributed by atoms with Crippen molar-refractivity contribution in [3.8, 4) is 0 Å². The van der Waals surface area contributed by atoms with E-state index in [9.17, 15) is 4.79 Å². The monoisotopic (exact) mass is 260 g/mol. The maximum absolute atomic E-state index is 11.7. The van der Waals surface area contributed by atoms with Crippen LogP contribution < -0.4 is 5.32 Å². The number of nitrogens with zero attached hydrogens (tertiary/aromatic N) is 4. The predicted molar refractivity (Wildman–Crippen MR) is 69.9 cm³/mol. The molecule has 0 bridgehead atoms. The van der Waals surface area contributed by atoms with Crippen LogP contribution in [-0.2, 0) is 18.4 Å². The van der Waals surface area contributed by atoms with Crippen LogP contribution in [0.4, 0.5) is 0 Å². The van der Waals surface area contributed by atoms with E-state index >= 15 is 0 Å². The van der Waals surface area contributed by atoms with E-state index in [1.54, 1.807) is 10.8 Å². The molecule has 100 valence electrons. The maximum Gasteiger partial charge on any atom is 0.244 e. The van der Waals surface area contributed by atoms with Gasteiger partial charge in [-0.1, -0.05) is 0 Å². The fraction of sp³-hybridized carbons (Fsp3) is 0.333. The summed E-state index contributed by atoms with van der Waals surface area (Å²) in [5, 5.41) is 13.4. The van der Waals surface area contributed by atoms with Gasteiger partial charge < -0.3 is 5.32 Å². The molecule has 7 nitrogen and oxygen atoms in total. The molecule has 0 fully saturated rings. The zero-order chi connectivity index (χ0) is 13.8. The van der Waals surface area contributed by atoms with Gasteiger partial charge in [0.2, 0.25) is 5.91 Å². The fourth-order valence-corrected chi connectivity index (χ4v) is 1.74. The average molecular weight is 260 g/mol. The van der Waals surface area contributed by atoms with Gasteiger partial charge in [-0.15, -0.1) is 0 Å². The Morgan fingerprint density at radius 1 is 1.53 bits per heavy atom. The SMILES string of the molecule is Cc1nn(C)c(C)c1/C=C/C(=O)NCc1ncn[nH]1. The van der Waals surface area contributed by atoms with Crippen LogP contribution in [-0.4, -0.2) is 30.9 Å². The van der Waals surface area contributed by atoms with Gasteiger partial charge >= 0.3 is 0 Å². The molecule has 0 aromatic carbocycles. The Morgan fingerprint density at radius 2 is 2.32 bits per heavy atom. The van der Waals surface area contributed by atoms with Crippen molar-refractivity contribution in [2.75, 3.05) is 0 Å². The lowest BCUT2D eigenvalue weighted by molar-refractivity contribution is -0.116. The van der Waals surface area contributed by atoms with Crippen molar-refractivity contribution in [2.24, 2.45) is 7.05 Å². The highest BCUT2D eigenvalue weighted by molar-refractivity contribution is 5.91. The molecule has 0 saturated heterocycles. The lowest BCUT2D eigenvalue weighted by atomic mass is 10.2. The Kier molecular flexibility index (Phi) is 3.74. The largest absolute Gasteiger partial charge is 0.345 e. The maximum atomic E-state index is 11.7. The number of carbonyl (C=O) groups excluding carboxylic acids is 1. The lowest BCUT2D eigenvalue weighted by Gasteiger charge is -1.98. The normalized spacial score (nSPS) is 11.1. The van der Waals surface area contributed by atoms with Crippen molar-refractivity contribution in [3.63, 3.8) is 0 Å². The van der Waals surface area contributed by atoms with Crippen molar-refractivity contribution in [1.82, 2.24) is 30.3 Å². The summed E-state index contributed by atoms with van der Waals surface area (Å²) >= 11 is 0. The van der Waals surface area contributed by atoms with E-state index in [2.05, 4.69) is 25.6 Å². The Hall–Kier alpha value is -2.44. The van der Waals surface area contributed by atoms with Crippen molar-refractivity contribution in [2.45, 2.75) is 20.4 Å². The average Bonchev–Trinajstić information content (AvgIpc) is 2.96. The van der Waals surface area contributed by atoms with Gasteiger partial charge in [-0.25, -0.2) is 4.98 Å².